The number of carbonyl (C=O) groups is 1. The molecule has 1 atom stereocenters. The number of halogens is 3. The summed E-state index contributed by atoms with van der Waals surface area (Å²) >= 11 is 0. The number of carbonyl (C=O) groups excluding carboxylic acids is 1. The van der Waals surface area contributed by atoms with Crippen molar-refractivity contribution in [2.45, 2.75) is 13.0 Å². The standard InChI is InChI=1S/C17H13F3N2O3/c1-9(25-13-6-3-10(8-21)7-14(13)24-2)17(23)22-12-5-4-11(18)15(19)16(12)20/h3-7,9H,1-2H3,(H,22,23)/t9-/m1/s1. The third-order valence-electron chi connectivity index (χ3n) is 3.26. The van der Waals surface area contributed by atoms with Gasteiger partial charge in [0.15, 0.2) is 35.1 Å². The van der Waals surface area contributed by atoms with Crippen LogP contribution in [-0.4, -0.2) is 19.1 Å². The van der Waals surface area contributed by atoms with Crippen LogP contribution in [0.2, 0.25) is 0 Å². The van der Waals surface area contributed by atoms with Gasteiger partial charge in [-0.3, -0.25) is 4.79 Å². The van der Waals surface area contributed by atoms with E-state index < -0.39 is 35.2 Å². The van der Waals surface area contributed by atoms with Gasteiger partial charge in [0.2, 0.25) is 0 Å². The quantitative estimate of drug-likeness (QED) is 0.839. The zero-order chi connectivity index (χ0) is 18.6. The van der Waals surface area contributed by atoms with Crippen molar-refractivity contribution in [1.29, 1.82) is 5.26 Å². The van der Waals surface area contributed by atoms with Gasteiger partial charge in [0.05, 0.1) is 24.4 Å². The van der Waals surface area contributed by atoms with Crippen molar-refractivity contribution in [3.8, 4) is 17.6 Å². The van der Waals surface area contributed by atoms with Gasteiger partial charge < -0.3 is 14.8 Å². The van der Waals surface area contributed by atoms with Crippen molar-refractivity contribution in [3.05, 3.63) is 53.3 Å². The predicted molar refractivity (Wildman–Crippen MR) is 82.7 cm³/mol. The van der Waals surface area contributed by atoms with Crippen LogP contribution in [0, 0.1) is 28.8 Å². The molecule has 0 spiro atoms. The van der Waals surface area contributed by atoms with Crippen LogP contribution in [0.15, 0.2) is 30.3 Å². The molecule has 0 aliphatic carbocycles. The maximum atomic E-state index is 13.6. The van der Waals surface area contributed by atoms with E-state index in [1.54, 1.807) is 0 Å². The highest BCUT2D eigenvalue weighted by Gasteiger charge is 2.21. The van der Waals surface area contributed by atoms with Crippen LogP contribution < -0.4 is 14.8 Å². The van der Waals surface area contributed by atoms with Gasteiger partial charge in [-0.25, -0.2) is 13.2 Å². The lowest BCUT2D eigenvalue weighted by Crippen LogP contribution is -2.30. The van der Waals surface area contributed by atoms with Gasteiger partial charge in [0, 0.05) is 6.07 Å². The maximum Gasteiger partial charge on any atom is 0.265 e. The molecule has 0 heterocycles. The fourth-order valence-electron chi connectivity index (χ4n) is 1.94. The van der Waals surface area contributed by atoms with Crippen LogP contribution in [0.5, 0.6) is 11.5 Å². The molecular formula is C17H13F3N2O3. The molecule has 1 N–H and O–H groups in total. The number of anilines is 1. The Kier molecular flexibility index (Phi) is 5.49. The molecule has 5 nitrogen and oxygen atoms in total. The summed E-state index contributed by atoms with van der Waals surface area (Å²) in [5, 5.41) is 11.0. The Balaban J connectivity index is 2.14. The number of nitrogens with one attached hydrogen (secondary N) is 1. The minimum Gasteiger partial charge on any atom is -0.493 e. The van der Waals surface area contributed by atoms with Crippen molar-refractivity contribution in [2.75, 3.05) is 12.4 Å². The summed E-state index contributed by atoms with van der Waals surface area (Å²) in [5.74, 6) is -4.90. The lowest BCUT2D eigenvalue weighted by molar-refractivity contribution is -0.122. The van der Waals surface area contributed by atoms with Crippen molar-refractivity contribution >= 4 is 11.6 Å². The summed E-state index contributed by atoms with van der Waals surface area (Å²) in [5.41, 5.74) is -0.170. The second-order valence-electron chi connectivity index (χ2n) is 4.95. The normalized spacial score (nSPS) is 11.4. The summed E-state index contributed by atoms with van der Waals surface area (Å²) in [6, 6.07) is 7.87. The Morgan fingerprint density at radius 3 is 2.52 bits per heavy atom. The van der Waals surface area contributed by atoms with Crippen LogP contribution in [0.1, 0.15) is 12.5 Å². The molecule has 0 aliphatic heterocycles. The second kappa shape index (κ2) is 7.57. The van der Waals surface area contributed by atoms with Crippen LogP contribution in [0.25, 0.3) is 0 Å². The third-order valence-corrected chi connectivity index (χ3v) is 3.26. The number of rotatable bonds is 5. The van der Waals surface area contributed by atoms with E-state index in [1.165, 1.54) is 32.2 Å². The Morgan fingerprint density at radius 1 is 1.16 bits per heavy atom. The van der Waals surface area contributed by atoms with Crippen LogP contribution in [0.3, 0.4) is 0 Å². The largest absolute Gasteiger partial charge is 0.493 e. The molecule has 130 valence electrons. The molecule has 1 amide bonds. The number of benzene rings is 2. The molecule has 0 saturated carbocycles. The first-order valence-electron chi connectivity index (χ1n) is 7.06. The van der Waals surface area contributed by atoms with E-state index >= 15 is 0 Å². The molecule has 2 rings (SSSR count). The predicted octanol–water partition coefficient (Wildman–Crippen LogP) is 3.39. The molecular weight excluding hydrogens is 337 g/mol. The molecule has 0 aromatic heterocycles. The number of hydrogen-bond donors (Lipinski definition) is 1. The summed E-state index contributed by atoms with van der Waals surface area (Å²) < 4.78 is 50.2. The lowest BCUT2D eigenvalue weighted by atomic mass is 10.2. The van der Waals surface area contributed by atoms with Gasteiger partial charge in [0.25, 0.3) is 5.91 Å². The average Bonchev–Trinajstić information content (AvgIpc) is 2.62. The van der Waals surface area contributed by atoms with E-state index in [2.05, 4.69) is 5.32 Å². The molecule has 0 saturated heterocycles. The van der Waals surface area contributed by atoms with Gasteiger partial charge in [-0.1, -0.05) is 0 Å². The van der Waals surface area contributed by atoms with E-state index in [0.29, 0.717) is 11.6 Å². The molecule has 0 aliphatic rings. The topological polar surface area (TPSA) is 71.3 Å². The SMILES string of the molecule is COc1cc(C#N)ccc1O[C@H](C)C(=O)Nc1ccc(F)c(F)c1F. The Bertz CT molecular complexity index is 850. The van der Waals surface area contributed by atoms with Crippen molar-refractivity contribution in [2.24, 2.45) is 0 Å². The molecule has 8 heteroatoms. The van der Waals surface area contributed by atoms with E-state index in [-0.39, 0.29) is 11.5 Å². The van der Waals surface area contributed by atoms with E-state index in [9.17, 15) is 18.0 Å². The van der Waals surface area contributed by atoms with E-state index in [1.807, 2.05) is 6.07 Å². The number of nitrogens with zero attached hydrogens (tertiary/aromatic N) is 1. The summed E-state index contributed by atoms with van der Waals surface area (Å²) in [6.45, 7) is 1.38. The second-order valence-corrected chi connectivity index (χ2v) is 4.95. The van der Waals surface area contributed by atoms with Gasteiger partial charge in [0.1, 0.15) is 0 Å². The molecule has 0 unspecified atom stereocenters. The molecule has 0 bridgehead atoms. The minimum atomic E-state index is -1.68. The van der Waals surface area contributed by atoms with Crippen molar-refractivity contribution < 1.29 is 27.4 Å². The van der Waals surface area contributed by atoms with Crippen molar-refractivity contribution in [3.63, 3.8) is 0 Å². The van der Waals surface area contributed by atoms with Crippen molar-refractivity contribution in [1.82, 2.24) is 0 Å². The first-order valence-corrected chi connectivity index (χ1v) is 7.06. The summed E-state index contributed by atoms with van der Waals surface area (Å²) in [6.07, 6.45) is -1.10. The van der Waals surface area contributed by atoms with Crippen LogP contribution in [-0.2, 0) is 4.79 Å². The summed E-state index contributed by atoms with van der Waals surface area (Å²) in [7, 11) is 1.37. The fraction of sp³-hybridized carbons (Fsp3) is 0.176. The van der Waals surface area contributed by atoms with Gasteiger partial charge >= 0.3 is 0 Å². The zero-order valence-electron chi connectivity index (χ0n) is 13.3. The Morgan fingerprint density at radius 2 is 1.88 bits per heavy atom. The van der Waals surface area contributed by atoms with Gasteiger partial charge in [-0.05, 0) is 31.2 Å². The maximum absolute atomic E-state index is 13.6. The number of ether oxygens (including phenoxy) is 2. The Labute approximate surface area is 141 Å². The third kappa shape index (κ3) is 4.01. The monoisotopic (exact) mass is 350 g/mol. The molecule has 0 radical (unpaired) electrons. The Hall–Kier alpha value is -3.21. The highest BCUT2D eigenvalue weighted by atomic mass is 19.2. The van der Waals surface area contributed by atoms with E-state index in [0.717, 1.165) is 6.07 Å². The number of nitriles is 1. The number of hydrogen-bond acceptors (Lipinski definition) is 4. The van der Waals surface area contributed by atoms with Crippen LogP contribution >= 0.6 is 0 Å². The first kappa shape index (κ1) is 18.1. The smallest absolute Gasteiger partial charge is 0.265 e. The lowest BCUT2D eigenvalue weighted by Gasteiger charge is -2.17. The van der Waals surface area contributed by atoms with E-state index in [4.69, 9.17) is 14.7 Å². The molecule has 25 heavy (non-hydrogen) atoms. The highest BCUT2D eigenvalue weighted by Crippen LogP contribution is 2.29. The fourth-order valence-corrected chi connectivity index (χ4v) is 1.94. The summed E-state index contributed by atoms with van der Waals surface area (Å²) in [4.78, 5) is 12.1. The molecule has 2 aromatic carbocycles. The number of methoxy groups -OCH3 is 1. The van der Waals surface area contributed by atoms with Gasteiger partial charge in [-0.2, -0.15) is 5.26 Å². The molecule has 2 aromatic rings. The first-order chi connectivity index (χ1) is 11.9. The van der Waals surface area contributed by atoms with Gasteiger partial charge in [-0.15, -0.1) is 0 Å². The zero-order valence-corrected chi connectivity index (χ0v) is 13.3. The average molecular weight is 350 g/mol. The highest BCUT2D eigenvalue weighted by molar-refractivity contribution is 5.94. The van der Waals surface area contributed by atoms with Crippen LogP contribution in [0.4, 0.5) is 18.9 Å². The minimum absolute atomic E-state index is 0.190. The molecule has 0 fully saturated rings. The number of amides is 1.